The van der Waals surface area contributed by atoms with Crippen LogP contribution in [0.25, 0.3) is 0 Å². The molecule has 1 aromatic carbocycles. The molecule has 0 fully saturated rings. The Labute approximate surface area is 167 Å². The first-order chi connectivity index (χ1) is 13.4. The zero-order valence-corrected chi connectivity index (χ0v) is 17.0. The quantitative estimate of drug-likeness (QED) is 0.639. The second-order valence-corrected chi connectivity index (χ2v) is 8.74. The number of thiophene rings is 1. The number of nitrogens with zero attached hydrogens (tertiary/aromatic N) is 2. The Balaban J connectivity index is 1.72. The summed E-state index contributed by atoms with van der Waals surface area (Å²) < 4.78 is 32.0. The first kappa shape index (κ1) is 19.8. The summed E-state index contributed by atoms with van der Waals surface area (Å²) in [5, 5.41) is 4.23. The van der Waals surface area contributed by atoms with E-state index >= 15 is 0 Å². The number of pyridine rings is 1. The molecule has 0 unspecified atom stereocenters. The van der Waals surface area contributed by atoms with Crippen LogP contribution in [0.3, 0.4) is 0 Å². The largest absolute Gasteiger partial charge is 0.497 e. The van der Waals surface area contributed by atoms with Crippen LogP contribution < -0.4 is 14.4 Å². The number of aromatic nitrogens is 1. The average Bonchev–Trinajstić information content (AvgIpc) is 3.23. The molecular weight excluding hydrogens is 398 g/mol. The summed E-state index contributed by atoms with van der Waals surface area (Å²) in [4.78, 5) is 16.7. The molecule has 2 heterocycles. The SMILES string of the molecule is COc1ccc(N(C)S(=O)(=O)c2csc(C(=O)NCc3cccnc3)c2)cc1. The first-order valence-electron chi connectivity index (χ1n) is 8.30. The number of anilines is 1. The maximum atomic E-state index is 12.9. The Hall–Kier alpha value is -2.91. The molecular formula is C19H19N3O4S2. The fourth-order valence-electron chi connectivity index (χ4n) is 2.43. The van der Waals surface area contributed by atoms with Gasteiger partial charge in [-0.05, 0) is 42.0 Å². The van der Waals surface area contributed by atoms with Gasteiger partial charge in [0.05, 0.1) is 22.6 Å². The minimum Gasteiger partial charge on any atom is -0.497 e. The molecule has 0 saturated heterocycles. The summed E-state index contributed by atoms with van der Waals surface area (Å²) in [5.41, 5.74) is 1.36. The Morgan fingerprint density at radius 1 is 1.25 bits per heavy atom. The number of carbonyl (C=O) groups is 1. The molecule has 146 valence electrons. The van der Waals surface area contributed by atoms with E-state index in [1.165, 1.54) is 22.8 Å². The van der Waals surface area contributed by atoms with Crippen molar-refractivity contribution in [3.8, 4) is 5.75 Å². The van der Waals surface area contributed by atoms with E-state index < -0.39 is 10.0 Å². The van der Waals surface area contributed by atoms with E-state index in [0.29, 0.717) is 22.9 Å². The van der Waals surface area contributed by atoms with Crippen LogP contribution in [0, 0.1) is 0 Å². The zero-order valence-electron chi connectivity index (χ0n) is 15.3. The molecule has 7 nitrogen and oxygen atoms in total. The third-order valence-corrected chi connectivity index (χ3v) is 6.91. The van der Waals surface area contributed by atoms with Crippen LogP contribution in [0.15, 0.2) is 65.1 Å². The summed E-state index contributed by atoms with van der Waals surface area (Å²) in [5.74, 6) is 0.306. The summed E-state index contributed by atoms with van der Waals surface area (Å²) in [6.07, 6.45) is 3.31. The van der Waals surface area contributed by atoms with Gasteiger partial charge in [-0.25, -0.2) is 8.42 Å². The van der Waals surface area contributed by atoms with Gasteiger partial charge in [0.1, 0.15) is 5.75 Å². The normalized spacial score (nSPS) is 11.1. The van der Waals surface area contributed by atoms with Gasteiger partial charge in [0.15, 0.2) is 0 Å². The number of nitrogens with one attached hydrogen (secondary N) is 1. The molecule has 1 N–H and O–H groups in total. The maximum absolute atomic E-state index is 12.9. The fraction of sp³-hybridized carbons (Fsp3) is 0.158. The van der Waals surface area contributed by atoms with E-state index in [2.05, 4.69) is 10.3 Å². The molecule has 9 heteroatoms. The van der Waals surface area contributed by atoms with Crippen molar-refractivity contribution in [2.75, 3.05) is 18.5 Å². The van der Waals surface area contributed by atoms with Crippen molar-refractivity contribution in [1.29, 1.82) is 0 Å². The molecule has 0 aliphatic heterocycles. The number of hydrogen-bond acceptors (Lipinski definition) is 6. The highest BCUT2D eigenvalue weighted by Crippen LogP contribution is 2.27. The molecule has 0 saturated carbocycles. The Bertz CT molecular complexity index is 1050. The zero-order chi connectivity index (χ0) is 20.1. The third kappa shape index (κ3) is 4.32. The molecule has 3 rings (SSSR count). The van der Waals surface area contributed by atoms with Crippen LogP contribution in [0.5, 0.6) is 5.75 Å². The molecule has 0 aliphatic rings. The van der Waals surface area contributed by atoms with E-state index in [1.807, 2.05) is 6.07 Å². The Kier molecular flexibility index (Phi) is 5.96. The van der Waals surface area contributed by atoms with Gasteiger partial charge < -0.3 is 10.1 Å². The van der Waals surface area contributed by atoms with E-state index in [9.17, 15) is 13.2 Å². The first-order valence-corrected chi connectivity index (χ1v) is 10.6. The fourth-order valence-corrected chi connectivity index (χ4v) is 4.81. The number of amides is 1. The van der Waals surface area contributed by atoms with Crippen molar-refractivity contribution in [1.82, 2.24) is 10.3 Å². The molecule has 0 bridgehead atoms. The van der Waals surface area contributed by atoms with E-state index in [1.54, 1.807) is 49.8 Å². The number of sulfonamides is 1. The van der Waals surface area contributed by atoms with Crippen LogP contribution in [-0.4, -0.2) is 33.5 Å². The van der Waals surface area contributed by atoms with Crippen LogP contribution in [-0.2, 0) is 16.6 Å². The average molecular weight is 418 g/mol. The van der Waals surface area contributed by atoms with Crippen molar-refractivity contribution in [2.24, 2.45) is 0 Å². The lowest BCUT2D eigenvalue weighted by Gasteiger charge is -2.18. The predicted molar refractivity (Wildman–Crippen MR) is 108 cm³/mol. The van der Waals surface area contributed by atoms with Crippen molar-refractivity contribution >= 4 is 33.0 Å². The number of rotatable bonds is 7. The molecule has 2 aromatic heterocycles. The van der Waals surface area contributed by atoms with Gasteiger partial charge in [-0.2, -0.15) is 0 Å². The number of hydrogen-bond donors (Lipinski definition) is 1. The van der Waals surface area contributed by atoms with Crippen molar-refractivity contribution < 1.29 is 17.9 Å². The van der Waals surface area contributed by atoms with Crippen molar-refractivity contribution in [2.45, 2.75) is 11.4 Å². The van der Waals surface area contributed by atoms with Gasteiger partial charge in [0.2, 0.25) is 0 Å². The van der Waals surface area contributed by atoms with Crippen LogP contribution in [0.4, 0.5) is 5.69 Å². The minimum absolute atomic E-state index is 0.0716. The van der Waals surface area contributed by atoms with Crippen LogP contribution in [0.1, 0.15) is 15.2 Å². The summed E-state index contributed by atoms with van der Waals surface area (Å²) in [6, 6.07) is 11.7. The second-order valence-electron chi connectivity index (χ2n) is 5.86. The lowest BCUT2D eigenvalue weighted by Crippen LogP contribution is -2.26. The van der Waals surface area contributed by atoms with Crippen molar-refractivity contribution in [3.05, 3.63) is 70.7 Å². The number of benzene rings is 1. The monoisotopic (exact) mass is 417 g/mol. The molecule has 0 aliphatic carbocycles. The number of methoxy groups -OCH3 is 1. The van der Waals surface area contributed by atoms with Crippen LogP contribution in [0.2, 0.25) is 0 Å². The van der Waals surface area contributed by atoms with Gasteiger partial charge >= 0.3 is 0 Å². The molecule has 28 heavy (non-hydrogen) atoms. The topological polar surface area (TPSA) is 88.6 Å². The summed E-state index contributed by atoms with van der Waals surface area (Å²) >= 11 is 1.08. The highest BCUT2D eigenvalue weighted by molar-refractivity contribution is 7.93. The third-order valence-electron chi connectivity index (χ3n) is 4.07. The van der Waals surface area contributed by atoms with Gasteiger partial charge in [-0.1, -0.05) is 6.07 Å². The van der Waals surface area contributed by atoms with E-state index in [4.69, 9.17) is 4.74 Å². The van der Waals surface area contributed by atoms with Gasteiger partial charge in [-0.3, -0.25) is 14.1 Å². The predicted octanol–water partition coefficient (Wildman–Crippen LogP) is 2.91. The standard InChI is InChI=1S/C19H19N3O4S2/c1-22(15-5-7-16(26-2)8-6-15)28(24,25)17-10-18(27-13-17)19(23)21-12-14-4-3-9-20-11-14/h3-11,13H,12H2,1-2H3,(H,21,23). The number of carbonyl (C=O) groups excluding carboxylic acids is 1. The molecule has 0 radical (unpaired) electrons. The van der Waals surface area contributed by atoms with E-state index in [-0.39, 0.29) is 10.8 Å². The van der Waals surface area contributed by atoms with Gasteiger partial charge in [-0.15, -0.1) is 11.3 Å². The summed E-state index contributed by atoms with van der Waals surface area (Å²) in [6.45, 7) is 0.318. The minimum atomic E-state index is -3.78. The molecule has 0 spiro atoms. The molecule has 0 atom stereocenters. The lowest BCUT2D eigenvalue weighted by molar-refractivity contribution is 0.0955. The molecule has 1 amide bonds. The lowest BCUT2D eigenvalue weighted by atomic mass is 10.3. The van der Waals surface area contributed by atoms with Gasteiger partial charge in [0.25, 0.3) is 15.9 Å². The number of ether oxygens (including phenoxy) is 1. The Morgan fingerprint density at radius 3 is 2.64 bits per heavy atom. The highest BCUT2D eigenvalue weighted by Gasteiger charge is 2.24. The smallest absolute Gasteiger partial charge is 0.264 e. The molecule has 3 aromatic rings. The van der Waals surface area contributed by atoms with Crippen LogP contribution >= 0.6 is 11.3 Å². The maximum Gasteiger partial charge on any atom is 0.264 e. The summed E-state index contributed by atoms with van der Waals surface area (Å²) in [7, 11) is -0.766. The van der Waals surface area contributed by atoms with Gasteiger partial charge in [0, 0.05) is 31.4 Å². The Morgan fingerprint density at radius 2 is 2.00 bits per heavy atom. The van der Waals surface area contributed by atoms with E-state index in [0.717, 1.165) is 16.9 Å². The van der Waals surface area contributed by atoms with Crippen molar-refractivity contribution in [3.63, 3.8) is 0 Å². The highest BCUT2D eigenvalue weighted by atomic mass is 32.2. The second kappa shape index (κ2) is 8.41.